The van der Waals surface area contributed by atoms with Gasteiger partial charge in [-0.3, -0.25) is 4.57 Å². The van der Waals surface area contributed by atoms with Crippen molar-refractivity contribution in [3.05, 3.63) is 20.6 Å². The Morgan fingerprint density at radius 1 is 1.64 bits per heavy atom. The Hall–Kier alpha value is -0.810. The van der Waals surface area contributed by atoms with Crippen LogP contribution in [0.25, 0.3) is 0 Å². The van der Waals surface area contributed by atoms with E-state index in [-0.39, 0.29) is 10.4 Å². The van der Waals surface area contributed by atoms with Crippen molar-refractivity contribution in [3.63, 3.8) is 0 Å². The van der Waals surface area contributed by atoms with Crippen LogP contribution in [0.5, 0.6) is 0 Å². The van der Waals surface area contributed by atoms with Crippen LogP contribution in [0.3, 0.4) is 0 Å². The minimum absolute atomic E-state index is 0.00157. The van der Waals surface area contributed by atoms with E-state index in [1.54, 1.807) is 0 Å². The number of nitro groups is 1. The molecule has 1 aromatic rings. The van der Waals surface area contributed by atoms with E-state index in [1.165, 1.54) is 11.6 Å². The highest BCUT2D eigenvalue weighted by atomic mass is 35.5. The zero-order valence-electron chi connectivity index (χ0n) is 5.41. The van der Waals surface area contributed by atoms with Crippen molar-refractivity contribution in [2.24, 2.45) is 7.05 Å². The second-order valence-electron chi connectivity index (χ2n) is 1.81. The predicted molar refractivity (Wildman–Crippen MR) is 39.9 cm³/mol. The molecule has 1 rings (SSSR count). The normalized spacial score (nSPS) is 10.1. The molecule has 0 aliphatic heterocycles. The van der Waals surface area contributed by atoms with Crippen molar-refractivity contribution in [1.82, 2.24) is 9.55 Å². The summed E-state index contributed by atoms with van der Waals surface area (Å²) >= 11 is 10.9. The molecule has 0 fully saturated rings. The van der Waals surface area contributed by atoms with Crippen LogP contribution >= 0.6 is 23.2 Å². The molecule has 0 saturated carbocycles. The number of aromatic nitrogens is 2. The molecule has 0 aromatic carbocycles. The lowest BCUT2D eigenvalue weighted by atomic mass is 10.8. The first-order valence-corrected chi connectivity index (χ1v) is 3.31. The van der Waals surface area contributed by atoms with Crippen molar-refractivity contribution >= 4 is 29.0 Å². The number of nitrogens with zero attached hydrogens (tertiary/aromatic N) is 3. The third-order valence-electron chi connectivity index (χ3n) is 1.13. The molecule has 0 aliphatic rings. The number of hydrogen-bond donors (Lipinski definition) is 0. The molecule has 7 heteroatoms. The molecule has 11 heavy (non-hydrogen) atoms. The van der Waals surface area contributed by atoms with E-state index in [0.29, 0.717) is 0 Å². The van der Waals surface area contributed by atoms with Gasteiger partial charge in [-0.05, 0) is 21.5 Å². The summed E-state index contributed by atoms with van der Waals surface area (Å²) in [4.78, 5) is 12.9. The zero-order chi connectivity index (χ0) is 8.59. The summed E-state index contributed by atoms with van der Waals surface area (Å²) in [5.41, 5.74) is 0. The molecule has 1 heterocycles. The molecule has 0 saturated heterocycles. The van der Waals surface area contributed by atoms with Gasteiger partial charge in [0.1, 0.15) is 0 Å². The van der Waals surface area contributed by atoms with Gasteiger partial charge < -0.3 is 10.1 Å². The van der Waals surface area contributed by atoms with Crippen LogP contribution in [-0.4, -0.2) is 14.5 Å². The van der Waals surface area contributed by atoms with Crippen molar-refractivity contribution in [2.45, 2.75) is 0 Å². The van der Waals surface area contributed by atoms with Crippen molar-refractivity contribution in [3.8, 4) is 0 Å². The molecule has 0 amide bonds. The second-order valence-corrected chi connectivity index (χ2v) is 2.51. The molecule has 0 radical (unpaired) electrons. The van der Waals surface area contributed by atoms with Crippen LogP contribution in [0.4, 0.5) is 5.82 Å². The monoisotopic (exact) mass is 195 g/mol. The fourth-order valence-electron chi connectivity index (χ4n) is 0.556. The van der Waals surface area contributed by atoms with Crippen LogP contribution < -0.4 is 0 Å². The topological polar surface area (TPSA) is 61.0 Å². The van der Waals surface area contributed by atoms with Crippen molar-refractivity contribution in [1.29, 1.82) is 0 Å². The Balaban J connectivity index is 3.29. The molecule has 60 valence electrons. The van der Waals surface area contributed by atoms with Crippen LogP contribution in [0.15, 0.2) is 0 Å². The molecule has 1 aromatic heterocycles. The van der Waals surface area contributed by atoms with Gasteiger partial charge >= 0.3 is 11.1 Å². The van der Waals surface area contributed by atoms with Gasteiger partial charge in [0.25, 0.3) is 0 Å². The first-order chi connectivity index (χ1) is 5.04. The van der Waals surface area contributed by atoms with Crippen LogP contribution in [0.2, 0.25) is 10.4 Å². The van der Waals surface area contributed by atoms with E-state index in [2.05, 4.69) is 4.98 Å². The van der Waals surface area contributed by atoms with Gasteiger partial charge in [0.05, 0.1) is 0 Å². The highest BCUT2D eigenvalue weighted by molar-refractivity contribution is 6.34. The van der Waals surface area contributed by atoms with Gasteiger partial charge in [-0.1, -0.05) is 11.6 Å². The molecule has 5 nitrogen and oxygen atoms in total. The molecule has 0 atom stereocenters. The Morgan fingerprint density at radius 2 is 2.18 bits per heavy atom. The smallest absolute Gasteiger partial charge is 0.358 e. The minimum atomic E-state index is -0.686. The lowest BCUT2D eigenvalue weighted by Gasteiger charge is -1.89. The first kappa shape index (κ1) is 8.29. The predicted octanol–water partition coefficient (Wildman–Crippen LogP) is 1.64. The zero-order valence-corrected chi connectivity index (χ0v) is 6.93. The summed E-state index contributed by atoms with van der Waals surface area (Å²) in [6.07, 6.45) is 0. The Morgan fingerprint density at radius 3 is 2.36 bits per heavy atom. The maximum Gasteiger partial charge on any atom is 0.402 e. The quantitative estimate of drug-likeness (QED) is 0.506. The summed E-state index contributed by atoms with van der Waals surface area (Å²) in [7, 11) is 1.49. The summed E-state index contributed by atoms with van der Waals surface area (Å²) in [6.45, 7) is 0. The molecular formula is C4H3Cl2N3O2. The van der Waals surface area contributed by atoms with E-state index < -0.39 is 10.7 Å². The van der Waals surface area contributed by atoms with E-state index in [4.69, 9.17) is 23.2 Å². The largest absolute Gasteiger partial charge is 0.402 e. The Labute approximate surface area is 71.7 Å². The minimum Gasteiger partial charge on any atom is -0.358 e. The summed E-state index contributed by atoms with van der Waals surface area (Å²) in [5.74, 6) is -0.417. The SMILES string of the molecule is Cn1c(Cl)nc([N+](=O)[O-])c1Cl. The third-order valence-corrected chi connectivity index (χ3v) is 1.89. The van der Waals surface area contributed by atoms with Gasteiger partial charge in [-0.25, -0.2) is 0 Å². The Bertz CT molecular complexity index is 309. The van der Waals surface area contributed by atoms with Gasteiger partial charge in [-0.2, -0.15) is 0 Å². The first-order valence-electron chi connectivity index (χ1n) is 2.56. The maximum absolute atomic E-state index is 10.2. The van der Waals surface area contributed by atoms with Gasteiger partial charge in [0.2, 0.25) is 5.15 Å². The van der Waals surface area contributed by atoms with E-state index in [1.807, 2.05) is 0 Å². The average Bonchev–Trinajstić information content (AvgIpc) is 2.17. The maximum atomic E-state index is 10.2. The summed E-state index contributed by atoms with van der Waals surface area (Å²) in [5, 5.41) is 10.1. The van der Waals surface area contributed by atoms with Crippen LogP contribution in [-0.2, 0) is 7.05 Å². The highest BCUT2D eigenvalue weighted by Gasteiger charge is 2.22. The van der Waals surface area contributed by atoms with Gasteiger partial charge in [0, 0.05) is 7.05 Å². The molecule has 0 bridgehead atoms. The molecule has 0 aliphatic carbocycles. The van der Waals surface area contributed by atoms with Crippen LogP contribution in [0.1, 0.15) is 0 Å². The third kappa shape index (κ3) is 1.29. The summed E-state index contributed by atoms with van der Waals surface area (Å²) in [6, 6.07) is 0. The lowest BCUT2D eigenvalue weighted by molar-refractivity contribution is -0.389. The fraction of sp³-hybridized carbons (Fsp3) is 0.250. The number of rotatable bonds is 1. The number of hydrogen-bond acceptors (Lipinski definition) is 3. The number of halogens is 2. The second kappa shape index (κ2) is 2.67. The lowest BCUT2D eigenvalue weighted by Crippen LogP contribution is -1.89. The Kier molecular flexibility index (Phi) is 2.01. The summed E-state index contributed by atoms with van der Waals surface area (Å²) < 4.78 is 1.22. The molecule has 0 spiro atoms. The van der Waals surface area contributed by atoms with E-state index in [9.17, 15) is 10.1 Å². The van der Waals surface area contributed by atoms with E-state index >= 15 is 0 Å². The van der Waals surface area contributed by atoms with Crippen molar-refractivity contribution in [2.75, 3.05) is 0 Å². The van der Waals surface area contributed by atoms with Crippen molar-refractivity contribution < 1.29 is 4.92 Å². The standard InChI is InChI=1S/C4H3Cl2N3O2/c1-8-2(5)3(9(10)11)7-4(8)6/h1H3. The van der Waals surface area contributed by atoms with Gasteiger partial charge in [-0.15, -0.1) is 0 Å². The molecular weight excluding hydrogens is 193 g/mol. The fourth-order valence-corrected chi connectivity index (χ4v) is 0.955. The molecule has 0 unspecified atom stereocenters. The number of imidazole rings is 1. The molecule has 0 N–H and O–H groups in total. The average molecular weight is 196 g/mol. The van der Waals surface area contributed by atoms with Gasteiger partial charge in [0.15, 0.2) is 0 Å². The van der Waals surface area contributed by atoms with E-state index in [0.717, 1.165) is 0 Å². The van der Waals surface area contributed by atoms with Crippen LogP contribution in [0, 0.1) is 10.1 Å². The highest BCUT2D eigenvalue weighted by Crippen LogP contribution is 2.25.